The Hall–Kier alpha value is -1.27. The van der Waals surface area contributed by atoms with Crippen molar-refractivity contribution in [2.24, 2.45) is 0 Å². The summed E-state index contributed by atoms with van der Waals surface area (Å²) in [5.74, 6) is 2.24. The minimum atomic E-state index is -0.338. The number of nitro benzene ring substituents is 1. The molecule has 1 N–H and O–H groups in total. The molecule has 98 valence electrons. The van der Waals surface area contributed by atoms with Crippen LogP contribution in [0.5, 0.6) is 0 Å². The molecule has 0 bridgehead atoms. The summed E-state index contributed by atoms with van der Waals surface area (Å²) in [6, 6.07) is 5.14. The molecular formula is C12H17N3O2S. The highest BCUT2D eigenvalue weighted by atomic mass is 32.2. The number of rotatable bonds is 4. The zero-order chi connectivity index (χ0) is 13.0. The third-order valence-electron chi connectivity index (χ3n) is 2.99. The van der Waals surface area contributed by atoms with Crippen molar-refractivity contribution in [3.63, 3.8) is 0 Å². The number of non-ortho nitro benzene ring substituents is 1. The molecule has 0 saturated carbocycles. The molecule has 1 fully saturated rings. The van der Waals surface area contributed by atoms with Gasteiger partial charge in [-0.2, -0.15) is 11.8 Å². The number of hydrogen-bond donors (Lipinski definition) is 1. The Morgan fingerprint density at radius 1 is 1.44 bits per heavy atom. The molecule has 0 unspecified atom stereocenters. The fourth-order valence-corrected chi connectivity index (χ4v) is 3.03. The van der Waals surface area contributed by atoms with Gasteiger partial charge in [-0.1, -0.05) is 0 Å². The van der Waals surface area contributed by atoms with Gasteiger partial charge in [-0.25, -0.2) is 0 Å². The Bertz CT molecular complexity index is 433. The van der Waals surface area contributed by atoms with Crippen molar-refractivity contribution in [3.05, 3.63) is 33.9 Å². The zero-order valence-corrected chi connectivity index (χ0v) is 11.2. The molecule has 0 amide bonds. The normalized spacial score (nSPS) is 15.7. The van der Waals surface area contributed by atoms with Gasteiger partial charge >= 0.3 is 0 Å². The summed E-state index contributed by atoms with van der Waals surface area (Å²) in [7, 11) is 1.86. The van der Waals surface area contributed by atoms with E-state index in [1.165, 1.54) is 0 Å². The van der Waals surface area contributed by atoms with E-state index in [9.17, 15) is 10.1 Å². The van der Waals surface area contributed by atoms with E-state index in [1.807, 2.05) is 24.9 Å². The van der Waals surface area contributed by atoms with Crippen LogP contribution in [0.15, 0.2) is 18.2 Å². The predicted octanol–water partition coefficient (Wildman–Crippen LogP) is 1.87. The van der Waals surface area contributed by atoms with E-state index in [2.05, 4.69) is 10.2 Å². The topological polar surface area (TPSA) is 58.4 Å². The van der Waals surface area contributed by atoms with Crippen LogP contribution in [-0.4, -0.2) is 36.6 Å². The number of nitro groups is 1. The Balaban J connectivity index is 2.29. The maximum atomic E-state index is 10.8. The fourth-order valence-electron chi connectivity index (χ4n) is 2.13. The molecule has 0 aromatic heterocycles. The maximum Gasteiger partial charge on any atom is 0.269 e. The van der Waals surface area contributed by atoms with Crippen molar-refractivity contribution < 1.29 is 4.92 Å². The number of thioether (sulfide) groups is 1. The van der Waals surface area contributed by atoms with Crippen LogP contribution in [0.1, 0.15) is 5.56 Å². The van der Waals surface area contributed by atoms with Crippen molar-refractivity contribution in [3.8, 4) is 0 Å². The number of nitrogens with one attached hydrogen (secondary N) is 1. The molecule has 0 atom stereocenters. The van der Waals surface area contributed by atoms with Crippen LogP contribution in [0.3, 0.4) is 0 Å². The molecule has 2 rings (SSSR count). The summed E-state index contributed by atoms with van der Waals surface area (Å²) in [5.41, 5.74) is 2.28. The lowest BCUT2D eigenvalue weighted by molar-refractivity contribution is -0.384. The molecule has 0 spiro atoms. The van der Waals surface area contributed by atoms with E-state index in [0.717, 1.165) is 35.8 Å². The third-order valence-corrected chi connectivity index (χ3v) is 3.94. The monoisotopic (exact) mass is 267 g/mol. The highest BCUT2D eigenvalue weighted by Gasteiger charge is 2.17. The Morgan fingerprint density at radius 2 is 2.17 bits per heavy atom. The van der Waals surface area contributed by atoms with Gasteiger partial charge in [-0.05, 0) is 18.7 Å². The molecule has 1 aromatic rings. The average Bonchev–Trinajstić information content (AvgIpc) is 2.40. The van der Waals surface area contributed by atoms with Gasteiger partial charge in [0.25, 0.3) is 5.69 Å². The minimum Gasteiger partial charge on any atom is -0.370 e. The molecule has 0 radical (unpaired) electrons. The second-order valence-electron chi connectivity index (χ2n) is 4.20. The summed E-state index contributed by atoms with van der Waals surface area (Å²) in [6.07, 6.45) is 0. The SMILES string of the molecule is CNCc1cc([N+](=O)[O-])ccc1N1CCSCC1. The fraction of sp³-hybridized carbons (Fsp3) is 0.500. The summed E-state index contributed by atoms with van der Waals surface area (Å²) < 4.78 is 0. The van der Waals surface area contributed by atoms with Gasteiger partial charge in [0.2, 0.25) is 0 Å². The van der Waals surface area contributed by atoms with Crippen molar-refractivity contribution in [1.82, 2.24) is 5.32 Å². The van der Waals surface area contributed by atoms with Crippen LogP contribution in [-0.2, 0) is 6.54 Å². The van der Waals surface area contributed by atoms with E-state index in [1.54, 1.807) is 12.1 Å². The standard InChI is InChI=1S/C12H17N3O2S/c1-13-9-10-8-11(15(16)17)2-3-12(10)14-4-6-18-7-5-14/h2-3,8,13H,4-7,9H2,1H3. The molecule has 5 nitrogen and oxygen atoms in total. The molecule has 1 saturated heterocycles. The van der Waals surface area contributed by atoms with Gasteiger partial charge in [-0.15, -0.1) is 0 Å². The van der Waals surface area contributed by atoms with Gasteiger partial charge in [0.1, 0.15) is 0 Å². The largest absolute Gasteiger partial charge is 0.370 e. The lowest BCUT2D eigenvalue weighted by Gasteiger charge is -2.30. The van der Waals surface area contributed by atoms with Crippen molar-refractivity contribution in [2.45, 2.75) is 6.54 Å². The first-order valence-electron chi connectivity index (χ1n) is 5.97. The number of hydrogen-bond acceptors (Lipinski definition) is 5. The quantitative estimate of drug-likeness (QED) is 0.666. The van der Waals surface area contributed by atoms with E-state index in [0.29, 0.717) is 6.54 Å². The van der Waals surface area contributed by atoms with Crippen LogP contribution >= 0.6 is 11.8 Å². The molecule has 1 aromatic carbocycles. The van der Waals surface area contributed by atoms with Crippen LogP contribution in [0.25, 0.3) is 0 Å². The maximum absolute atomic E-state index is 10.8. The molecule has 1 aliphatic heterocycles. The summed E-state index contributed by atoms with van der Waals surface area (Å²) in [5, 5.41) is 13.9. The molecule has 6 heteroatoms. The second-order valence-corrected chi connectivity index (χ2v) is 5.42. The van der Waals surface area contributed by atoms with E-state index < -0.39 is 0 Å². The highest BCUT2D eigenvalue weighted by molar-refractivity contribution is 7.99. The van der Waals surface area contributed by atoms with Crippen LogP contribution in [0, 0.1) is 10.1 Å². The summed E-state index contributed by atoms with van der Waals surface area (Å²) in [4.78, 5) is 12.8. The molecule has 18 heavy (non-hydrogen) atoms. The van der Waals surface area contributed by atoms with Crippen molar-refractivity contribution in [2.75, 3.05) is 36.5 Å². The lowest BCUT2D eigenvalue weighted by atomic mass is 10.1. The third kappa shape index (κ3) is 2.94. The smallest absolute Gasteiger partial charge is 0.269 e. The van der Waals surface area contributed by atoms with E-state index in [-0.39, 0.29) is 10.6 Å². The van der Waals surface area contributed by atoms with Gasteiger partial charge in [0.15, 0.2) is 0 Å². The molecule has 1 aliphatic rings. The van der Waals surface area contributed by atoms with Crippen LogP contribution < -0.4 is 10.2 Å². The summed E-state index contributed by atoms with van der Waals surface area (Å²) in [6.45, 7) is 2.68. The van der Waals surface area contributed by atoms with Crippen molar-refractivity contribution in [1.29, 1.82) is 0 Å². The molecular weight excluding hydrogens is 250 g/mol. The van der Waals surface area contributed by atoms with E-state index in [4.69, 9.17) is 0 Å². The van der Waals surface area contributed by atoms with Gasteiger partial charge in [0.05, 0.1) is 4.92 Å². The van der Waals surface area contributed by atoms with E-state index >= 15 is 0 Å². The van der Waals surface area contributed by atoms with Gasteiger partial charge in [-0.3, -0.25) is 10.1 Å². The molecule has 0 aliphatic carbocycles. The van der Waals surface area contributed by atoms with Crippen molar-refractivity contribution >= 4 is 23.1 Å². The Labute approximate surface area is 111 Å². The molecule has 1 heterocycles. The zero-order valence-electron chi connectivity index (χ0n) is 10.4. The number of anilines is 1. The minimum absolute atomic E-state index is 0.162. The predicted molar refractivity (Wildman–Crippen MR) is 75.4 cm³/mol. The van der Waals surface area contributed by atoms with Gasteiger partial charge < -0.3 is 10.2 Å². The first-order chi connectivity index (χ1) is 8.72. The van der Waals surface area contributed by atoms with Crippen LogP contribution in [0.2, 0.25) is 0 Å². The second kappa shape index (κ2) is 6.06. The lowest BCUT2D eigenvalue weighted by Crippen LogP contribution is -2.33. The highest BCUT2D eigenvalue weighted by Crippen LogP contribution is 2.27. The number of benzene rings is 1. The first-order valence-corrected chi connectivity index (χ1v) is 7.12. The number of nitrogens with zero attached hydrogens (tertiary/aromatic N) is 2. The van der Waals surface area contributed by atoms with Gasteiger partial charge in [0, 0.05) is 49.0 Å². The Morgan fingerprint density at radius 3 is 2.78 bits per heavy atom. The summed E-state index contributed by atoms with van der Waals surface area (Å²) >= 11 is 1.96. The van der Waals surface area contributed by atoms with Crippen LogP contribution in [0.4, 0.5) is 11.4 Å². The average molecular weight is 267 g/mol. The Kier molecular flexibility index (Phi) is 4.43. The first kappa shape index (κ1) is 13.2.